The maximum atomic E-state index is 12.4. The number of amides is 1. The number of nitrogens with one attached hydrogen (secondary N) is 2. The first kappa shape index (κ1) is 22.6. The van der Waals surface area contributed by atoms with Crippen LogP contribution in [0.15, 0.2) is 48.5 Å². The molecule has 0 radical (unpaired) electrons. The third-order valence-corrected chi connectivity index (χ3v) is 3.92. The summed E-state index contributed by atoms with van der Waals surface area (Å²) in [6.45, 7) is 0.183. The van der Waals surface area contributed by atoms with E-state index >= 15 is 0 Å². The highest BCUT2D eigenvalue weighted by molar-refractivity contribution is 6.23. The first-order chi connectivity index (χ1) is 14.5. The van der Waals surface area contributed by atoms with Crippen LogP contribution in [0.25, 0.3) is 0 Å². The molecule has 1 amide bonds. The first-order valence-electron chi connectivity index (χ1n) is 9.09. The van der Waals surface area contributed by atoms with Crippen LogP contribution in [0.4, 0.5) is 5.69 Å². The molecule has 0 aliphatic carbocycles. The molecule has 1 atom stereocenters. The van der Waals surface area contributed by atoms with Crippen molar-refractivity contribution in [1.82, 2.24) is 10.5 Å². The quantitative estimate of drug-likeness (QED) is 0.204. The number of hydrogen-bond acceptors (Lipinski definition) is 6. The Hall–Kier alpha value is -3.72. The molecule has 0 heterocycles. The zero-order chi connectivity index (χ0) is 21.8. The zero-order valence-corrected chi connectivity index (χ0v) is 16.8. The van der Waals surface area contributed by atoms with E-state index in [1.807, 2.05) is 12.1 Å². The third-order valence-electron chi connectivity index (χ3n) is 3.92. The molecule has 0 spiro atoms. The van der Waals surface area contributed by atoms with Crippen LogP contribution in [0.5, 0.6) is 0 Å². The number of benzene rings is 2. The number of ether oxygens (including phenoxy) is 1. The lowest BCUT2D eigenvalue weighted by molar-refractivity contribution is -0.142. The van der Waals surface area contributed by atoms with E-state index in [1.54, 1.807) is 36.4 Å². The van der Waals surface area contributed by atoms with Crippen molar-refractivity contribution in [2.45, 2.75) is 6.04 Å². The fraction of sp³-hybridized carbons (Fsp3) is 0.182. The molecule has 0 saturated carbocycles. The standard InChI is InChI=1S/C22H22BN3O4/c1-29-22(28)20(15-25-23-30-2)26-21(27)18-11-7-16(8-12-18)5-3-4-6-17-9-13-19(24)14-10-17/h7-14,20,23,25H,15,24H2,1-2H3,(H,26,27)/t20-/m0/s1. The van der Waals surface area contributed by atoms with Gasteiger partial charge in [-0.3, -0.25) is 4.79 Å². The predicted octanol–water partition coefficient (Wildman–Crippen LogP) is 0.446. The summed E-state index contributed by atoms with van der Waals surface area (Å²) < 4.78 is 9.59. The van der Waals surface area contributed by atoms with Gasteiger partial charge < -0.3 is 25.7 Å². The van der Waals surface area contributed by atoms with Crippen molar-refractivity contribution in [3.05, 3.63) is 65.2 Å². The molecular formula is C22H22BN3O4. The van der Waals surface area contributed by atoms with Gasteiger partial charge in [-0.2, -0.15) is 0 Å². The van der Waals surface area contributed by atoms with Gasteiger partial charge in [0.15, 0.2) is 0 Å². The fourth-order valence-electron chi connectivity index (χ4n) is 2.36. The Labute approximate surface area is 176 Å². The molecule has 0 unspecified atom stereocenters. The van der Waals surface area contributed by atoms with Crippen LogP contribution in [0.3, 0.4) is 0 Å². The Kier molecular flexibility index (Phi) is 9.01. The highest BCUT2D eigenvalue weighted by Gasteiger charge is 2.21. The number of rotatable bonds is 7. The molecule has 0 aromatic heterocycles. The van der Waals surface area contributed by atoms with Crippen LogP contribution in [0.2, 0.25) is 0 Å². The van der Waals surface area contributed by atoms with Crippen LogP contribution in [-0.4, -0.2) is 46.3 Å². The van der Waals surface area contributed by atoms with E-state index in [1.165, 1.54) is 14.2 Å². The Morgan fingerprint density at radius 3 is 2.10 bits per heavy atom. The summed E-state index contributed by atoms with van der Waals surface area (Å²) in [5, 5.41) is 5.52. The van der Waals surface area contributed by atoms with Crippen LogP contribution in [-0.2, 0) is 14.2 Å². The predicted molar refractivity (Wildman–Crippen MR) is 116 cm³/mol. The summed E-state index contributed by atoms with van der Waals surface area (Å²) >= 11 is 0. The second-order valence-electron chi connectivity index (χ2n) is 6.14. The number of esters is 1. The highest BCUT2D eigenvalue weighted by Crippen LogP contribution is 2.05. The molecule has 2 rings (SSSR count). The largest absolute Gasteiger partial charge is 0.467 e. The van der Waals surface area contributed by atoms with Crippen LogP contribution in [0, 0.1) is 23.7 Å². The molecule has 8 heteroatoms. The summed E-state index contributed by atoms with van der Waals surface area (Å²) in [6, 6.07) is 13.0. The number of methoxy groups -OCH3 is 1. The lowest BCUT2D eigenvalue weighted by atomic mass is 10.1. The summed E-state index contributed by atoms with van der Waals surface area (Å²) in [5.74, 6) is 10.5. The Balaban J connectivity index is 1.98. The lowest BCUT2D eigenvalue weighted by Gasteiger charge is -2.16. The molecular weight excluding hydrogens is 381 g/mol. The van der Waals surface area contributed by atoms with E-state index in [9.17, 15) is 9.59 Å². The number of nitrogens with two attached hydrogens (primary N) is 1. The monoisotopic (exact) mass is 403 g/mol. The summed E-state index contributed by atoms with van der Waals surface area (Å²) in [7, 11) is 3.03. The average molecular weight is 403 g/mol. The van der Waals surface area contributed by atoms with E-state index in [4.69, 9.17) is 15.1 Å². The van der Waals surface area contributed by atoms with Crippen molar-refractivity contribution >= 4 is 25.2 Å². The van der Waals surface area contributed by atoms with Gasteiger partial charge in [-0.15, -0.1) is 0 Å². The van der Waals surface area contributed by atoms with Gasteiger partial charge in [0.05, 0.1) is 7.11 Å². The molecule has 30 heavy (non-hydrogen) atoms. The van der Waals surface area contributed by atoms with Crippen molar-refractivity contribution < 1.29 is 19.0 Å². The minimum absolute atomic E-state index is 0.183. The molecule has 152 valence electrons. The molecule has 0 bridgehead atoms. The summed E-state index contributed by atoms with van der Waals surface area (Å²) in [6.07, 6.45) is 0. The van der Waals surface area contributed by atoms with Crippen molar-refractivity contribution in [2.24, 2.45) is 0 Å². The fourth-order valence-corrected chi connectivity index (χ4v) is 2.36. The summed E-state index contributed by atoms with van der Waals surface area (Å²) in [5.41, 5.74) is 8.25. The Morgan fingerprint density at radius 2 is 1.57 bits per heavy atom. The molecule has 0 aliphatic rings. The van der Waals surface area contributed by atoms with E-state index in [-0.39, 0.29) is 14.2 Å². The highest BCUT2D eigenvalue weighted by atomic mass is 16.5. The molecule has 7 nitrogen and oxygen atoms in total. The van der Waals surface area contributed by atoms with Crippen molar-refractivity contribution in [1.29, 1.82) is 0 Å². The molecule has 0 fully saturated rings. The van der Waals surface area contributed by atoms with Crippen LogP contribution >= 0.6 is 0 Å². The molecule has 0 aliphatic heterocycles. The first-order valence-corrected chi connectivity index (χ1v) is 9.09. The molecule has 2 aromatic rings. The van der Waals surface area contributed by atoms with Gasteiger partial charge in [0.1, 0.15) is 6.04 Å². The Morgan fingerprint density at radius 1 is 1.00 bits per heavy atom. The topological polar surface area (TPSA) is 103 Å². The Bertz CT molecular complexity index is 984. The number of anilines is 1. The molecule has 0 saturated heterocycles. The average Bonchev–Trinajstić information content (AvgIpc) is 2.77. The maximum absolute atomic E-state index is 12.4. The van der Waals surface area contributed by atoms with E-state index in [2.05, 4.69) is 34.2 Å². The van der Waals surface area contributed by atoms with E-state index in [0.29, 0.717) is 16.8 Å². The van der Waals surface area contributed by atoms with Gasteiger partial charge in [0, 0.05) is 36.0 Å². The van der Waals surface area contributed by atoms with Crippen molar-refractivity contribution in [3.8, 4) is 23.7 Å². The van der Waals surface area contributed by atoms with Crippen molar-refractivity contribution in [2.75, 3.05) is 26.5 Å². The zero-order valence-electron chi connectivity index (χ0n) is 16.8. The van der Waals surface area contributed by atoms with Crippen molar-refractivity contribution in [3.63, 3.8) is 0 Å². The van der Waals surface area contributed by atoms with Gasteiger partial charge in [-0.1, -0.05) is 11.8 Å². The second-order valence-corrected chi connectivity index (χ2v) is 6.14. The smallest absolute Gasteiger partial charge is 0.360 e. The summed E-state index contributed by atoms with van der Waals surface area (Å²) in [4.78, 5) is 24.3. The number of hydrogen-bond donors (Lipinski definition) is 3. The van der Waals surface area contributed by atoms with Crippen LogP contribution in [0.1, 0.15) is 21.5 Å². The molecule has 4 N–H and O–H groups in total. The molecule has 2 aromatic carbocycles. The third kappa shape index (κ3) is 7.36. The van der Waals surface area contributed by atoms with Gasteiger partial charge in [-0.05, 0) is 60.4 Å². The van der Waals surface area contributed by atoms with Crippen LogP contribution < -0.4 is 16.3 Å². The maximum Gasteiger partial charge on any atom is 0.360 e. The number of carbonyl (C=O) groups excluding carboxylic acids is 2. The van der Waals surface area contributed by atoms with E-state index in [0.717, 1.165) is 5.56 Å². The van der Waals surface area contributed by atoms with E-state index < -0.39 is 17.9 Å². The van der Waals surface area contributed by atoms with Gasteiger partial charge >= 0.3 is 13.6 Å². The van der Waals surface area contributed by atoms with Gasteiger partial charge in [0.2, 0.25) is 0 Å². The lowest BCUT2D eigenvalue weighted by Crippen LogP contribution is -2.48. The van der Waals surface area contributed by atoms with Gasteiger partial charge in [0.25, 0.3) is 5.91 Å². The second kappa shape index (κ2) is 12.0. The minimum Gasteiger partial charge on any atom is -0.467 e. The number of carbonyl (C=O) groups is 2. The normalized spacial score (nSPS) is 10.5. The van der Waals surface area contributed by atoms with Gasteiger partial charge in [-0.25, -0.2) is 4.79 Å². The SMILES string of the molecule is COBNC[C@H](NC(=O)c1ccc(C#CC#Cc2ccc(N)cc2)cc1)C(=O)OC. The number of nitrogen functional groups attached to an aromatic ring is 1. The minimum atomic E-state index is -0.833.